The molecule has 2 aromatic rings. The van der Waals surface area contributed by atoms with Gasteiger partial charge in [-0.3, -0.25) is 4.79 Å². The second-order valence-corrected chi connectivity index (χ2v) is 5.01. The zero-order valence-corrected chi connectivity index (χ0v) is 12.1. The first-order chi connectivity index (χ1) is 9.88. The number of rotatable bonds is 3. The summed E-state index contributed by atoms with van der Waals surface area (Å²) in [5.41, 5.74) is 6.55. The maximum absolute atomic E-state index is 12.1. The highest BCUT2D eigenvalue weighted by Crippen LogP contribution is 2.32. The van der Waals surface area contributed by atoms with Gasteiger partial charge in [-0.15, -0.1) is 0 Å². The fraction of sp³-hybridized carbons (Fsp3) is 0. The predicted octanol–water partition coefficient (Wildman–Crippen LogP) is 3.53. The van der Waals surface area contributed by atoms with Crippen LogP contribution in [0.5, 0.6) is 0 Å². The van der Waals surface area contributed by atoms with Crippen molar-refractivity contribution in [2.75, 3.05) is 11.1 Å². The van der Waals surface area contributed by atoms with Gasteiger partial charge in [-0.1, -0.05) is 23.2 Å². The number of hydrogen-bond donors (Lipinski definition) is 3. The Morgan fingerprint density at radius 1 is 1.00 bits per heavy atom. The predicted molar refractivity (Wildman–Crippen MR) is 82.2 cm³/mol. The standard InChI is InChI=1S/C14H10Cl2N2O3/c15-10-5-8(14(20)21)6-11(16)12(10)18-13(19)7-1-3-9(17)4-2-7/h1-6H,17H2,(H,18,19)(H,20,21). The SMILES string of the molecule is Nc1ccc(C(=O)Nc2c(Cl)cc(C(=O)O)cc2Cl)cc1. The van der Waals surface area contributed by atoms with Crippen molar-refractivity contribution in [1.82, 2.24) is 0 Å². The van der Waals surface area contributed by atoms with Crippen LogP contribution in [0.2, 0.25) is 10.0 Å². The number of carboxylic acids is 1. The number of nitrogen functional groups attached to an aromatic ring is 1. The number of carboxylic acid groups (broad SMARTS) is 1. The monoisotopic (exact) mass is 324 g/mol. The topological polar surface area (TPSA) is 92.4 Å². The van der Waals surface area contributed by atoms with E-state index in [1.54, 1.807) is 24.3 Å². The Balaban J connectivity index is 2.29. The van der Waals surface area contributed by atoms with E-state index < -0.39 is 11.9 Å². The van der Waals surface area contributed by atoms with Gasteiger partial charge >= 0.3 is 5.97 Å². The van der Waals surface area contributed by atoms with Crippen molar-refractivity contribution >= 4 is 46.5 Å². The van der Waals surface area contributed by atoms with Crippen molar-refractivity contribution in [1.29, 1.82) is 0 Å². The van der Waals surface area contributed by atoms with Crippen LogP contribution in [0.25, 0.3) is 0 Å². The third kappa shape index (κ3) is 3.45. The first kappa shape index (κ1) is 15.2. The molecule has 0 fully saturated rings. The number of nitrogens with one attached hydrogen (secondary N) is 1. The van der Waals surface area contributed by atoms with Crippen LogP contribution in [0.4, 0.5) is 11.4 Å². The normalized spacial score (nSPS) is 10.2. The van der Waals surface area contributed by atoms with Gasteiger partial charge in [-0.25, -0.2) is 4.79 Å². The Bertz CT molecular complexity index is 692. The van der Waals surface area contributed by atoms with E-state index in [-0.39, 0.29) is 21.3 Å². The molecule has 0 atom stereocenters. The van der Waals surface area contributed by atoms with Crippen molar-refractivity contribution in [2.24, 2.45) is 0 Å². The molecule has 4 N–H and O–H groups in total. The fourth-order valence-corrected chi connectivity index (χ4v) is 2.22. The molecular weight excluding hydrogens is 315 g/mol. The van der Waals surface area contributed by atoms with Crippen molar-refractivity contribution < 1.29 is 14.7 Å². The van der Waals surface area contributed by atoms with Gasteiger partial charge in [-0.2, -0.15) is 0 Å². The number of carbonyl (C=O) groups is 2. The Labute approximate surface area is 130 Å². The molecule has 0 aliphatic rings. The molecule has 2 aromatic carbocycles. The van der Waals surface area contributed by atoms with Crippen LogP contribution in [0.3, 0.4) is 0 Å². The van der Waals surface area contributed by atoms with Crippen molar-refractivity contribution in [2.45, 2.75) is 0 Å². The zero-order chi connectivity index (χ0) is 15.6. The summed E-state index contributed by atoms with van der Waals surface area (Å²) in [6.45, 7) is 0. The molecule has 0 radical (unpaired) electrons. The molecule has 0 aliphatic heterocycles. The van der Waals surface area contributed by atoms with Gasteiger partial charge in [0.25, 0.3) is 5.91 Å². The van der Waals surface area contributed by atoms with Crippen LogP contribution in [0, 0.1) is 0 Å². The molecule has 0 bridgehead atoms. The van der Waals surface area contributed by atoms with E-state index in [1.165, 1.54) is 12.1 Å². The minimum absolute atomic E-state index is 0.0451. The molecule has 0 unspecified atom stereocenters. The van der Waals surface area contributed by atoms with Gasteiger partial charge in [0.15, 0.2) is 0 Å². The Hall–Kier alpha value is -2.24. The molecule has 0 heterocycles. The van der Waals surface area contributed by atoms with Crippen molar-refractivity contribution in [3.05, 3.63) is 57.6 Å². The summed E-state index contributed by atoms with van der Waals surface area (Å²) in [5, 5.41) is 11.5. The van der Waals surface area contributed by atoms with E-state index in [0.29, 0.717) is 11.3 Å². The Kier molecular flexibility index (Phi) is 4.35. The van der Waals surface area contributed by atoms with E-state index in [1.807, 2.05) is 0 Å². The van der Waals surface area contributed by atoms with E-state index in [9.17, 15) is 9.59 Å². The fourth-order valence-electron chi connectivity index (χ4n) is 1.64. The van der Waals surface area contributed by atoms with Crippen LogP contribution in [0.15, 0.2) is 36.4 Å². The zero-order valence-electron chi connectivity index (χ0n) is 10.6. The molecule has 1 amide bonds. The summed E-state index contributed by atoms with van der Waals surface area (Å²) in [6.07, 6.45) is 0. The highest BCUT2D eigenvalue weighted by Gasteiger charge is 2.15. The van der Waals surface area contributed by atoms with E-state index in [0.717, 1.165) is 0 Å². The van der Waals surface area contributed by atoms with Gasteiger partial charge in [-0.05, 0) is 36.4 Å². The lowest BCUT2D eigenvalue weighted by molar-refractivity contribution is 0.0696. The third-order valence-electron chi connectivity index (χ3n) is 2.70. The average molecular weight is 325 g/mol. The van der Waals surface area contributed by atoms with Crippen LogP contribution >= 0.6 is 23.2 Å². The molecule has 0 aliphatic carbocycles. The summed E-state index contributed by atoms with van der Waals surface area (Å²) in [7, 11) is 0. The third-order valence-corrected chi connectivity index (χ3v) is 3.30. The molecule has 5 nitrogen and oxygen atoms in total. The lowest BCUT2D eigenvalue weighted by Crippen LogP contribution is -2.13. The number of nitrogens with two attached hydrogens (primary N) is 1. The first-order valence-electron chi connectivity index (χ1n) is 5.77. The molecular formula is C14H10Cl2N2O3. The summed E-state index contributed by atoms with van der Waals surface area (Å²) >= 11 is 11.9. The number of carbonyl (C=O) groups excluding carboxylic acids is 1. The minimum Gasteiger partial charge on any atom is -0.478 e. The van der Waals surface area contributed by atoms with Gasteiger partial charge in [0, 0.05) is 11.3 Å². The first-order valence-corrected chi connectivity index (χ1v) is 6.53. The maximum Gasteiger partial charge on any atom is 0.335 e. The number of hydrogen-bond acceptors (Lipinski definition) is 3. The van der Waals surface area contributed by atoms with Gasteiger partial charge in [0.1, 0.15) is 0 Å². The van der Waals surface area contributed by atoms with E-state index in [4.69, 9.17) is 34.0 Å². The Morgan fingerprint density at radius 2 is 1.52 bits per heavy atom. The van der Waals surface area contributed by atoms with Crippen LogP contribution in [-0.4, -0.2) is 17.0 Å². The van der Waals surface area contributed by atoms with Gasteiger partial charge in [0.05, 0.1) is 21.3 Å². The van der Waals surface area contributed by atoms with Crippen LogP contribution < -0.4 is 11.1 Å². The summed E-state index contributed by atoms with van der Waals surface area (Å²) in [4.78, 5) is 22.9. The molecule has 0 spiro atoms. The molecule has 0 aromatic heterocycles. The smallest absolute Gasteiger partial charge is 0.335 e. The maximum atomic E-state index is 12.1. The average Bonchev–Trinajstić information content (AvgIpc) is 2.43. The van der Waals surface area contributed by atoms with E-state index in [2.05, 4.69) is 5.32 Å². The molecule has 2 rings (SSSR count). The summed E-state index contributed by atoms with van der Waals surface area (Å²) in [6, 6.07) is 8.72. The molecule has 108 valence electrons. The van der Waals surface area contributed by atoms with Crippen LogP contribution in [0.1, 0.15) is 20.7 Å². The summed E-state index contributed by atoms with van der Waals surface area (Å²) < 4.78 is 0. The largest absolute Gasteiger partial charge is 0.478 e. The number of anilines is 2. The molecule has 7 heteroatoms. The lowest BCUT2D eigenvalue weighted by atomic mass is 10.1. The summed E-state index contributed by atoms with van der Waals surface area (Å²) in [5.74, 6) is -1.59. The molecule has 21 heavy (non-hydrogen) atoms. The lowest BCUT2D eigenvalue weighted by Gasteiger charge is -2.10. The number of aromatic carboxylic acids is 1. The quantitative estimate of drug-likeness (QED) is 0.753. The highest BCUT2D eigenvalue weighted by molar-refractivity contribution is 6.40. The number of halogens is 2. The highest BCUT2D eigenvalue weighted by atomic mass is 35.5. The van der Waals surface area contributed by atoms with Gasteiger partial charge in [0.2, 0.25) is 0 Å². The van der Waals surface area contributed by atoms with Crippen molar-refractivity contribution in [3.8, 4) is 0 Å². The number of benzene rings is 2. The second-order valence-electron chi connectivity index (χ2n) is 4.20. The minimum atomic E-state index is -1.16. The van der Waals surface area contributed by atoms with Crippen molar-refractivity contribution in [3.63, 3.8) is 0 Å². The van der Waals surface area contributed by atoms with Gasteiger partial charge < -0.3 is 16.2 Å². The molecule has 0 saturated heterocycles. The molecule has 0 saturated carbocycles. The van der Waals surface area contributed by atoms with Crippen LogP contribution in [-0.2, 0) is 0 Å². The Morgan fingerprint density at radius 3 is 2.00 bits per heavy atom. The second kappa shape index (κ2) is 6.03. The van der Waals surface area contributed by atoms with E-state index >= 15 is 0 Å². The number of amides is 1.